The lowest BCUT2D eigenvalue weighted by atomic mass is 9.82. The van der Waals surface area contributed by atoms with E-state index in [0.717, 1.165) is 57.3 Å². The van der Waals surface area contributed by atoms with Gasteiger partial charge in [-0.05, 0) is 42.3 Å². The molecule has 3 atom stereocenters. The SMILES string of the molecule is Cc1ccccc1COc1ccc([N+](=O)[O-])cc1[C@H]1c2sc(=O)[nH]c2SC2C(=O)N(c3cccc(C(F)(F)F)c3)C(=O)C21. The van der Waals surface area contributed by atoms with Crippen LogP contribution >= 0.6 is 23.1 Å². The lowest BCUT2D eigenvalue weighted by molar-refractivity contribution is -0.385. The Hall–Kier alpha value is -4.43. The van der Waals surface area contributed by atoms with Crippen molar-refractivity contribution in [1.29, 1.82) is 0 Å². The number of amides is 2. The van der Waals surface area contributed by atoms with E-state index in [-0.39, 0.29) is 29.3 Å². The van der Waals surface area contributed by atoms with Gasteiger partial charge in [-0.2, -0.15) is 13.2 Å². The molecule has 2 amide bonds. The Kier molecular flexibility index (Phi) is 7.13. The highest BCUT2D eigenvalue weighted by Crippen LogP contribution is 2.55. The monoisotopic (exact) mass is 627 g/mol. The summed E-state index contributed by atoms with van der Waals surface area (Å²) in [6.07, 6.45) is -4.71. The normalized spacial score (nSPS) is 19.7. The molecule has 220 valence electrons. The highest BCUT2D eigenvalue weighted by Gasteiger charge is 2.57. The first-order valence-corrected chi connectivity index (χ1v) is 14.5. The molecule has 2 unspecified atom stereocenters. The minimum absolute atomic E-state index is 0.0898. The third-order valence-corrected chi connectivity index (χ3v) is 9.84. The number of nitro groups is 1. The zero-order chi connectivity index (χ0) is 30.6. The zero-order valence-corrected chi connectivity index (χ0v) is 23.7. The number of non-ortho nitro benzene ring substituents is 1. The molecule has 3 heterocycles. The van der Waals surface area contributed by atoms with Gasteiger partial charge in [0.25, 0.3) is 5.69 Å². The molecule has 0 bridgehead atoms. The van der Waals surface area contributed by atoms with Crippen LogP contribution in [0.5, 0.6) is 5.75 Å². The number of nitrogens with zero attached hydrogens (tertiary/aromatic N) is 2. The van der Waals surface area contributed by atoms with Crippen LogP contribution in [0.25, 0.3) is 0 Å². The van der Waals surface area contributed by atoms with Crippen molar-refractivity contribution >= 4 is 46.3 Å². The molecule has 3 aromatic carbocycles. The minimum Gasteiger partial charge on any atom is -0.489 e. The maximum atomic E-state index is 14.0. The van der Waals surface area contributed by atoms with E-state index in [4.69, 9.17) is 4.74 Å². The molecule has 1 saturated heterocycles. The van der Waals surface area contributed by atoms with Crippen molar-refractivity contribution < 1.29 is 32.4 Å². The average Bonchev–Trinajstić information content (AvgIpc) is 3.46. The first-order chi connectivity index (χ1) is 20.4. The van der Waals surface area contributed by atoms with Crippen molar-refractivity contribution in [3.63, 3.8) is 0 Å². The van der Waals surface area contributed by atoms with E-state index >= 15 is 0 Å². The molecule has 4 aromatic rings. The van der Waals surface area contributed by atoms with Crippen molar-refractivity contribution in [3.8, 4) is 5.75 Å². The van der Waals surface area contributed by atoms with Crippen LogP contribution in [0.15, 0.2) is 76.6 Å². The number of rotatable bonds is 6. The number of alkyl halides is 3. The van der Waals surface area contributed by atoms with Crippen molar-refractivity contribution in [1.82, 2.24) is 4.98 Å². The number of nitrogens with one attached hydrogen (secondary N) is 1. The van der Waals surface area contributed by atoms with E-state index in [1.54, 1.807) is 0 Å². The van der Waals surface area contributed by atoms with Gasteiger partial charge in [-0.3, -0.25) is 24.5 Å². The number of benzene rings is 3. The molecule has 0 radical (unpaired) electrons. The lowest BCUT2D eigenvalue weighted by Crippen LogP contribution is -2.32. The molecular formula is C29H20F3N3O6S2. The van der Waals surface area contributed by atoms with Gasteiger partial charge in [-0.1, -0.05) is 53.4 Å². The number of imide groups is 1. The Morgan fingerprint density at radius 2 is 1.79 bits per heavy atom. The Morgan fingerprint density at radius 3 is 2.51 bits per heavy atom. The summed E-state index contributed by atoms with van der Waals surface area (Å²) in [6.45, 7) is 1.99. The number of aryl methyl sites for hydroxylation is 1. The van der Waals surface area contributed by atoms with Crippen LogP contribution in [0, 0.1) is 23.0 Å². The van der Waals surface area contributed by atoms with E-state index in [2.05, 4.69) is 4.98 Å². The van der Waals surface area contributed by atoms with Crippen LogP contribution in [0.4, 0.5) is 24.5 Å². The quantitative estimate of drug-likeness (QED) is 0.157. The fourth-order valence-corrected chi connectivity index (χ4v) is 7.89. The molecule has 2 aliphatic rings. The minimum atomic E-state index is -4.71. The maximum Gasteiger partial charge on any atom is 0.416 e. The second-order valence-corrected chi connectivity index (χ2v) is 12.2. The summed E-state index contributed by atoms with van der Waals surface area (Å²) in [5.41, 5.74) is 0.424. The summed E-state index contributed by atoms with van der Waals surface area (Å²) in [5.74, 6) is -3.56. The number of aromatic nitrogens is 1. The van der Waals surface area contributed by atoms with Gasteiger partial charge in [0, 0.05) is 28.5 Å². The molecule has 1 N–H and O–H groups in total. The number of H-pyrrole nitrogens is 1. The zero-order valence-electron chi connectivity index (χ0n) is 22.1. The van der Waals surface area contributed by atoms with Gasteiger partial charge in [-0.15, -0.1) is 0 Å². The molecule has 9 nitrogen and oxygen atoms in total. The largest absolute Gasteiger partial charge is 0.489 e. The predicted octanol–water partition coefficient (Wildman–Crippen LogP) is 6.05. The Labute approximate surface area is 249 Å². The number of carbonyl (C=O) groups is 2. The molecule has 0 saturated carbocycles. The van der Waals surface area contributed by atoms with E-state index in [1.807, 2.05) is 31.2 Å². The Morgan fingerprint density at radius 1 is 1.02 bits per heavy atom. The van der Waals surface area contributed by atoms with Crippen molar-refractivity contribution in [2.75, 3.05) is 4.90 Å². The molecule has 43 heavy (non-hydrogen) atoms. The summed E-state index contributed by atoms with van der Waals surface area (Å²) in [6, 6.07) is 15.3. The summed E-state index contributed by atoms with van der Waals surface area (Å²) < 4.78 is 46.6. The van der Waals surface area contributed by atoms with E-state index in [9.17, 15) is 37.7 Å². The van der Waals surface area contributed by atoms with E-state index in [0.29, 0.717) is 9.90 Å². The van der Waals surface area contributed by atoms with Gasteiger partial charge >= 0.3 is 11.0 Å². The van der Waals surface area contributed by atoms with Gasteiger partial charge < -0.3 is 9.72 Å². The number of aromatic amines is 1. The second-order valence-electron chi connectivity index (χ2n) is 10.0. The molecular weight excluding hydrogens is 607 g/mol. The van der Waals surface area contributed by atoms with Gasteiger partial charge in [0.05, 0.1) is 27.1 Å². The van der Waals surface area contributed by atoms with Crippen LogP contribution in [0.3, 0.4) is 0 Å². The Balaban J connectivity index is 1.48. The third-order valence-electron chi connectivity index (χ3n) is 7.44. The summed E-state index contributed by atoms with van der Waals surface area (Å²) in [5, 5.41) is 11.0. The first-order valence-electron chi connectivity index (χ1n) is 12.8. The van der Waals surface area contributed by atoms with E-state index in [1.165, 1.54) is 24.3 Å². The number of halogens is 3. The molecule has 6 rings (SSSR count). The van der Waals surface area contributed by atoms with Crippen LogP contribution in [-0.2, 0) is 22.4 Å². The molecule has 2 aliphatic heterocycles. The number of anilines is 1. The van der Waals surface area contributed by atoms with Gasteiger partial charge in [0.1, 0.15) is 17.6 Å². The summed E-state index contributed by atoms with van der Waals surface area (Å²) in [4.78, 5) is 54.7. The molecule has 1 aromatic heterocycles. The number of fused-ring (bicyclic) bond motifs is 2. The predicted molar refractivity (Wildman–Crippen MR) is 152 cm³/mol. The lowest BCUT2D eigenvalue weighted by Gasteiger charge is -2.30. The van der Waals surface area contributed by atoms with Gasteiger partial charge in [0.15, 0.2) is 0 Å². The maximum absolute atomic E-state index is 14.0. The number of nitro benzene ring substituents is 1. The fourth-order valence-electron chi connectivity index (χ4n) is 5.38. The van der Waals surface area contributed by atoms with Crippen LogP contribution in [0.2, 0.25) is 0 Å². The van der Waals surface area contributed by atoms with Gasteiger partial charge in [0.2, 0.25) is 11.8 Å². The highest BCUT2D eigenvalue weighted by molar-refractivity contribution is 8.00. The van der Waals surface area contributed by atoms with Gasteiger partial charge in [-0.25, -0.2) is 4.90 Å². The number of thiazole rings is 1. The Bertz CT molecular complexity index is 1850. The number of carbonyl (C=O) groups excluding carboxylic acids is 2. The number of thioether (sulfide) groups is 1. The van der Waals surface area contributed by atoms with Crippen molar-refractivity contribution in [3.05, 3.63) is 114 Å². The molecule has 1 fully saturated rings. The van der Waals surface area contributed by atoms with Crippen LogP contribution in [-0.4, -0.2) is 27.0 Å². The standard InChI is InChI=1S/C29H20F3N3O6S2/c1-14-5-2-3-6-15(14)13-41-20-10-9-18(35(39)40)12-19(20)21-22-24(42-25-23(21)43-28(38)33-25)27(37)34(26(22)36)17-8-4-7-16(11-17)29(30,31)32/h2-12,21-22,24H,13H2,1H3,(H,33,38)/t21-,22?,24?/m1/s1. The summed E-state index contributed by atoms with van der Waals surface area (Å²) >= 11 is 1.74. The molecule has 14 heteroatoms. The molecule has 0 spiro atoms. The van der Waals surface area contributed by atoms with Crippen LogP contribution < -0.4 is 14.5 Å². The third kappa shape index (κ3) is 5.10. The van der Waals surface area contributed by atoms with Crippen LogP contribution in [0.1, 0.15) is 33.0 Å². The second kappa shape index (κ2) is 10.7. The topological polar surface area (TPSA) is 123 Å². The van der Waals surface area contributed by atoms with Crippen molar-refractivity contribution in [2.24, 2.45) is 5.92 Å². The average molecular weight is 628 g/mol. The fraction of sp³-hybridized carbons (Fsp3) is 0.207. The van der Waals surface area contributed by atoms with E-state index < -0.39 is 50.4 Å². The number of hydrogen-bond acceptors (Lipinski definition) is 8. The summed E-state index contributed by atoms with van der Waals surface area (Å²) in [7, 11) is 0. The first kappa shape index (κ1) is 28.7. The van der Waals surface area contributed by atoms with Crippen molar-refractivity contribution in [2.45, 2.75) is 35.9 Å². The highest BCUT2D eigenvalue weighted by atomic mass is 32.2. The number of ether oxygens (including phenoxy) is 1. The number of hydrogen-bond donors (Lipinski definition) is 1. The molecule has 0 aliphatic carbocycles. The smallest absolute Gasteiger partial charge is 0.416 e.